The van der Waals surface area contributed by atoms with Gasteiger partial charge in [-0.2, -0.15) is 4.98 Å². The Balaban J connectivity index is 3.37. The lowest BCUT2D eigenvalue weighted by atomic mass is 10.1. The fraction of sp³-hybridized carbons (Fsp3) is 0.545. The summed E-state index contributed by atoms with van der Waals surface area (Å²) in [6, 6.07) is -0.0891. The third-order valence-electron chi connectivity index (χ3n) is 2.30. The van der Waals surface area contributed by atoms with Crippen LogP contribution < -0.4 is 5.69 Å². The van der Waals surface area contributed by atoms with Gasteiger partial charge >= 0.3 is 11.7 Å². The largest absolute Gasteiger partial charge is 0.478 e. The summed E-state index contributed by atoms with van der Waals surface area (Å²) in [6.07, 6.45) is 2.65. The zero-order valence-corrected chi connectivity index (χ0v) is 9.73. The van der Waals surface area contributed by atoms with Crippen molar-refractivity contribution in [3.05, 3.63) is 27.9 Å². The molecule has 5 nitrogen and oxygen atoms in total. The van der Waals surface area contributed by atoms with Crippen molar-refractivity contribution in [1.29, 1.82) is 0 Å². The summed E-state index contributed by atoms with van der Waals surface area (Å²) in [6.45, 7) is 5.55. The highest BCUT2D eigenvalue weighted by Gasteiger charge is 2.15. The minimum Gasteiger partial charge on any atom is -0.478 e. The number of nitrogens with zero attached hydrogens (tertiary/aromatic N) is 2. The average Bonchev–Trinajstić information content (AvgIpc) is 2.17. The number of carbonyl (C=O) groups is 1. The van der Waals surface area contributed by atoms with E-state index in [0.717, 1.165) is 6.42 Å². The molecule has 0 atom stereocenters. The first-order valence-electron chi connectivity index (χ1n) is 5.32. The molecule has 0 spiro atoms. The average molecular weight is 224 g/mol. The molecule has 0 bridgehead atoms. The lowest BCUT2D eigenvalue weighted by Gasteiger charge is -2.11. The fourth-order valence-corrected chi connectivity index (χ4v) is 1.48. The second-order valence-corrected chi connectivity index (χ2v) is 3.94. The molecule has 1 aromatic rings. The van der Waals surface area contributed by atoms with E-state index in [1.807, 2.05) is 20.8 Å². The molecule has 1 aromatic heterocycles. The molecule has 1 rings (SSSR count). The number of carboxylic acids is 1. The van der Waals surface area contributed by atoms with Crippen LogP contribution in [0.2, 0.25) is 0 Å². The lowest BCUT2D eigenvalue weighted by molar-refractivity contribution is 0.0693. The standard InChI is InChI=1S/C11H16N2O3/c1-4-5-9-8(10(14)15)6-13(7(2)3)11(16)12-9/h6-7H,4-5H2,1-3H3,(H,14,15). The van der Waals surface area contributed by atoms with E-state index in [9.17, 15) is 9.59 Å². The minimum absolute atomic E-state index is 0.0891. The van der Waals surface area contributed by atoms with Crippen LogP contribution in [0, 0.1) is 0 Å². The van der Waals surface area contributed by atoms with Crippen LogP contribution in [0.15, 0.2) is 11.0 Å². The predicted molar refractivity (Wildman–Crippen MR) is 59.8 cm³/mol. The van der Waals surface area contributed by atoms with Crippen LogP contribution in [-0.4, -0.2) is 20.6 Å². The summed E-state index contributed by atoms with van der Waals surface area (Å²) in [5, 5.41) is 9.03. The van der Waals surface area contributed by atoms with E-state index in [1.165, 1.54) is 10.8 Å². The van der Waals surface area contributed by atoms with Gasteiger partial charge in [0.15, 0.2) is 0 Å². The van der Waals surface area contributed by atoms with Gasteiger partial charge in [0.25, 0.3) is 0 Å². The Kier molecular flexibility index (Phi) is 3.82. The van der Waals surface area contributed by atoms with Gasteiger partial charge in [-0.05, 0) is 20.3 Å². The summed E-state index contributed by atoms with van der Waals surface area (Å²) in [5.41, 5.74) is 0.107. The summed E-state index contributed by atoms with van der Waals surface area (Å²) in [7, 11) is 0. The van der Waals surface area contributed by atoms with Gasteiger partial charge in [-0.25, -0.2) is 9.59 Å². The van der Waals surface area contributed by atoms with Crippen molar-refractivity contribution in [3.8, 4) is 0 Å². The van der Waals surface area contributed by atoms with Gasteiger partial charge in [0.05, 0.1) is 11.3 Å². The first-order valence-corrected chi connectivity index (χ1v) is 5.32. The molecule has 5 heteroatoms. The molecular weight excluding hydrogens is 208 g/mol. The van der Waals surface area contributed by atoms with Crippen molar-refractivity contribution < 1.29 is 9.90 Å². The number of hydrogen-bond donors (Lipinski definition) is 1. The topological polar surface area (TPSA) is 72.2 Å². The molecule has 0 aliphatic heterocycles. The Bertz CT molecular complexity index is 449. The van der Waals surface area contributed by atoms with E-state index in [1.54, 1.807) is 0 Å². The van der Waals surface area contributed by atoms with E-state index in [0.29, 0.717) is 12.1 Å². The number of aryl methyl sites for hydroxylation is 1. The number of aromatic nitrogens is 2. The van der Waals surface area contributed by atoms with Crippen molar-refractivity contribution in [3.63, 3.8) is 0 Å². The molecule has 0 saturated heterocycles. The second-order valence-electron chi connectivity index (χ2n) is 3.94. The SMILES string of the molecule is CCCc1nc(=O)n(C(C)C)cc1C(=O)O. The highest BCUT2D eigenvalue weighted by Crippen LogP contribution is 2.09. The first-order chi connectivity index (χ1) is 7.47. The van der Waals surface area contributed by atoms with Crippen molar-refractivity contribution in [1.82, 2.24) is 9.55 Å². The third-order valence-corrected chi connectivity index (χ3v) is 2.30. The Labute approximate surface area is 93.8 Å². The molecule has 0 aromatic carbocycles. The quantitative estimate of drug-likeness (QED) is 0.840. The van der Waals surface area contributed by atoms with Crippen LogP contribution in [0.25, 0.3) is 0 Å². The summed E-state index contributed by atoms with van der Waals surface area (Å²) >= 11 is 0. The molecule has 0 amide bonds. The Morgan fingerprint density at radius 1 is 1.56 bits per heavy atom. The molecule has 16 heavy (non-hydrogen) atoms. The highest BCUT2D eigenvalue weighted by atomic mass is 16.4. The van der Waals surface area contributed by atoms with Gasteiger partial charge in [-0.3, -0.25) is 4.57 Å². The van der Waals surface area contributed by atoms with Gasteiger partial charge in [-0.15, -0.1) is 0 Å². The molecule has 0 fully saturated rings. The molecule has 1 heterocycles. The van der Waals surface area contributed by atoms with Crippen molar-refractivity contribution in [2.45, 2.75) is 39.7 Å². The number of carboxylic acid groups (broad SMARTS) is 1. The van der Waals surface area contributed by atoms with Crippen molar-refractivity contribution in [2.24, 2.45) is 0 Å². The molecule has 0 unspecified atom stereocenters. The van der Waals surface area contributed by atoms with Crippen molar-refractivity contribution >= 4 is 5.97 Å². The lowest BCUT2D eigenvalue weighted by Crippen LogP contribution is -2.27. The molecule has 0 aliphatic carbocycles. The molecular formula is C11H16N2O3. The zero-order chi connectivity index (χ0) is 12.3. The number of aromatic carboxylic acids is 1. The molecule has 88 valence electrons. The smallest absolute Gasteiger partial charge is 0.348 e. The molecule has 0 saturated carbocycles. The predicted octanol–water partition coefficient (Wildman–Crippen LogP) is 1.47. The molecule has 0 aliphatic rings. The van der Waals surface area contributed by atoms with Gasteiger partial charge < -0.3 is 5.11 Å². The number of hydrogen-bond acceptors (Lipinski definition) is 3. The number of rotatable bonds is 4. The summed E-state index contributed by atoms with van der Waals surface area (Å²) in [4.78, 5) is 26.4. The van der Waals surface area contributed by atoms with E-state index in [4.69, 9.17) is 5.11 Å². The maximum atomic E-state index is 11.6. The maximum absolute atomic E-state index is 11.6. The Morgan fingerprint density at radius 2 is 2.19 bits per heavy atom. The second kappa shape index (κ2) is 4.92. The van der Waals surface area contributed by atoms with Crippen LogP contribution in [0.5, 0.6) is 0 Å². The summed E-state index contributed by atoms with van der Waals surface area (Å²) in [5.74, 6) is -1.04. The minimum atomic E-state index is -1.04. The van der Waals surface area contributed by atoms with E-state index in [-0.39, 0.29) is 17.3 Å². The molecule has 1 N–H and O–H groups in total. The molecule has 0 radical (unpaired) electrons. The zero-order valence-electron chi connectivity index (χ0n) is 9.73. The van der Waals surface area contributed by atoms with E-state index in [2.05, 4.69) is 4.98 Å². The van der Waals surface area contributed by atoms with Crippen LogP contribution >= 0.6 is 0 Å². The van der Waals surface area contributed by atoms with Gasteiger partial charge in [0.1, 0.15) is 0 Å². The van der Waals surface area contributed by atoms with Crippen LogP contribution in [-0.2, 0) is 6.42 Å². The van der Waals surface area contributed by atoms with Gasteiger partial charge in [-0.1, -0.05) is 13.3 Å². The maximum Gasteiger partial charge on any atom is 0.348 e. The van der Waals surface area contributed by atoms with Crippen molar-refractivity contribution in [2.75, 3.05) is 0 Å². The first kappa shape index (κ1) is 12.4. The Hall–Kier alpha value is -1.65. The summed E-state index contributed by atoms with van der Waals surface area (Å²) < 4.78 is 1.34. The van der Waals surface area contributed by atoms with E-state index >= 15 is 0 Å². The normalized spacial score (nSPS) is 10.8. The highest BCUT2D eigenvalue weighted by molar-refractivity contribution is 5.88. The van der Waals surface area contributed by atoms with E-state index < -0.39 is 5.97 Å². The fourth-order valence-electron chi connectivity index (χ4n) is 1.48. The Morgan fingerprint density at radius 3 is 2.62 bits per heavy atom. The van der Waals surface area contributed by atoms with Gasteiger partial charge in [0, 0.05) is 12.2 Å². The monoisotopic (exact) mass is 224 g/mol. The van der Waals surface area contributed by atoms with Gasteiger partial charge in [0.2, 0.25) is 0 Å². The van der Waals surface area contributed by atoms with Crippen LogP contribution in [0.1, 0.15) is 49.3 Å². The third kappa shape index (κ3) is 2.48. The van der Waals surface area contributed by atoms with Crippen LogP contribution in [0.4, 0.5) is 0 Å². The van der Waals surface area contributed by atoms with Crippen LogP contribution in [0.3, 0.4) is 0 Å².